The topological polar surface area (TPSA) is 30.9 Å². The van der Waals surface area contributed by atoms with Gasteiger partial charge in [-0.3, -0.25) is 4.90 Å². The largest absolute Gasteiger partial charge is 0.368 e. The molecule has 4 heteroatoms. The first-order valence-electron chi connectivity index (χ1n) is 12.1. The Kier molecular flexibility index (Phi) is 6.68. The summed E-state index contributed by atoms with van der Waals surface area (Å²) in [5.41, 5.74) is 8.81. The first-order chi connectivity index (χ1) is 17.2. The van der Waals surface area contributed by atoms with E-state index < -0.39 is 0 Å². The summed E-state index contributed by atoms with van der Waals surface area (Å²) in [5, 5.41) is 3.55. The fourth-order valence-electron chi connectivity index (χ4n) is 4.45. The molecule has 1 N–H and O–H groups in total. The van der Waals surface area contributed by atoms with Gasteiger partial charge in [-0.05, 0) is 74.6 Å². The predicted molar refractivity (Wildman–Crippen MR) is 146 cm³/mol. The average Bonchev–Trinajstić information content (AvgIpc) is 2.91. The minimum Gasteiger partial charge on any atom is -0.368 e. The normalized spacial score (nSPS) is 18.0. The molecular weight excluding hydrogens is 428 g/mol. The Morgan fingerprint density at radius 2 is 1.69 bits per heavy atom. The Hall–Kier alpha value is -4.23. The molecule has 1 atom stereocenters. The summed E-state index contributed by atoms with van der Waals surface area (Å²) in [6.07, 6.45) is 18.1. The highest BCUT2D eigenvalue weighted by Gasteiger charge is 2.22. The van der Waals surface area contributed by atoms with Gasteiger partial charge in [-0.1, -0.05) is 59.7 Å². The summed E-state index contributed by atoms with van der Waals surface area (Å²) in [4.78, 5) is 9.09. The van der Waals surface area contributed by atoms with E-state index in [0.29, 0.717) is 5.92 Å². The monoisotopic (exact) mass is 458 g/mol. The van der Waals surface area contributed by atoms with Gasteiger partial charge in [0.05, 0.1) is 0 Å². The first kappa shape index (κ1) is 22.6. The Labute approximate surface area is 208 Å². The molecule has 0 spiro atoms. The maximum Gasteiger partial charge on any atom is 0.148 e. The van der Waals surface area contributed by atoms with Crippen LogP contribution in [0.15, 0.2) is 125 Å². The molecule has 0 amide bonds. The quantitative estimate of drug-likeness (QED) is 0.493. The molecule has 0 bridgehead atoms. The third-order valence-electron chi connectivity index (χ3n) is 6.31. The maximum absolute atomic E-state index is 4.50. The zero-order valence-electron chi connectivity index (χ0n) is 20.3. The molecule has 2 aromatic carbocycles. The van der Waals surface area contributed by atoms with E-state index >= 15 is 0 Å². The van der Waals surface area contributed by atoms with Crippen molar-refractivity contribution in [1.82, 2.24) is 5.32 Å². The fourth-order valence-corrected chi connectivity index (χ4v) is 4.45. The number of rotatable bonds is 7. The van der Waals surface area contributed by atoms with Gasteiger partial charge in [-0.25, -0.2) is 0 Å². The van der Waals surface area contributed by atoms with Crippen molar-refractivity contribution in [3.63, 3.8) is 0 Å². The zero-order valence-corrected chi connectivity index (χ0v) is 20.3. The number of nitrogens with one attached hydrogen (secondary N) is 1. The van der Waals surface area contributed by atoms with Crippen LogP contribution in [0.4, 0.5) is 11.4 Å². The van der Waals surface area contributed by atoms with E-state index in [4.69, 9.17) is 0 Å². The van der Waals surface area contributed by atoms with Crippen molar-refractivity contribution in [2.45, 2.75) is 20.3 Å². The van der Waals surface area contributed by atoms with Crippen LogP contribution in [0.5, 0.6) is 0 Å². The Morgan fingerprint density at radius 1 is 0.943 bits per heavy atom. The van der Waals surface area contributed by atoms with Crippen LogP contribution in [0.25, 0.3) is 0 Å². The highest BCUT2D eigenvalue weighted by Crippen LogP contribution is 2.31. The fraction of sp³-hybridized carbons (Fsp3) is 0.194. The number of anilines is 2. The van der Waals surface area contributed by atoms with Crippen LogP contribution in [-0.2, 0) is 0 Å². The Balaban J connectivity index is 1.47. The number of aryl methyl sites for hydroxylation is 2. The summed E-state index contributed by atoms with van der Waals surface area (Å²) >= 11 is 0. The van der Waals surface area contributed by atoms with Crippen LogP contribution >= 0.6 is 0 Å². The van der Waals surface area contributed by atoms with Gasteiger partial charge in [0.1, 0.15) is 11.6 Å². The number of aliphatic imine (C=N–C) groups is 1. The standard InChI is InChI=1S/C31H30N4/c1-24-12-16-27(17-13-24)34(30-10-3-5-20-32-30)23-26-8-7-9-29(22-26)35(31-11-4-6-21-33-31)28-18-14-25(2)15-19-28/h3-5,7,9-19,22,26,32H,8,20,23H2,1-2H3. The van der Waals surface area contributed by atoms with Crippen molar-refractivity contribution in [2.75, 3.05) is 22.9 Å². The molecule has 1 unspecified atom stereocenters. The van der Waals surface area contributed by atoms with Crippen LogP contribution in [0.3, 0.4) is 0 Å². The second-order valence-corrected chi connectivity index (χ2v) is 9.03. The molecule has 5 rings (SSSR count). The highest BCUT2D eigenvalue weighted by molar-refractivity contribution is 5.66. The van der Waals surface area contributed by atoms with E-state index in [2.05, 4.69) is 131 Å². The van der Waals surface area contributed by atoms with Crippen molar-refractivity contribution in [1.29, 1.82) is 0 Å². The lowest BCUT2D eigenvalue weighted by Crippen LogP contribution is -2.36. The first-order valence-corrected chi connectivity index (χ1v) is 12.1. The number of nitrogens with zero attached hydrogens (tertiary/aromatic N) is 3. The van der Waals surface area contributed by atoms with Gasteiger partial charge in [0, 0.05) is 41.9 Å². The van der Waals surface area contributed by atoms with E-state index in [1.54, 1.807) is 0 Å². The van der Waals surface area contributed by atoms with Crippen LogP contribution < -0.4 is 15.1 Å². The van der Waals surface area contributed by atoms with Gasteiger partial charge in [-0.15, -0.1) is 0 Å². The van der Waals surface area contributed by atoms with E-state index in [1.165, 1.54) is 16.8 Å². The summed E-state index contributed by atoms with van der Waals surface area (Å²) in [6, 6.07) is 17.3. The molecule has 0 saturated carbocycles. The van der Waals surface area contributed by atoms with E-state index in [1.807, 2.05) is 12.2 Å². The number of hydrogen-bond acceptors (Lipinski definition) is 4. The molecular formula is C31H30N4. The third kappa shape index (κ3) is 5.31. The smallest absolute Gasteiger partial charge is 0.148 e. The van der Waals surface area contributed by atoms with E-state index in [-0.39, 0.29) is 0 Å². The lowest BCUT2D eigenvalue weighted by molar-refractivity contribution is 0.621. The second kappa shape index (κ2) is 10.4. The molecule has 2 heterocycles. The van der Waals surface area contributed by atoms with E-state index in [0.717, 1.165) is 42.5 Å². The Morgan fingerprint density at radius 3 is 2.34 bits per heavy atom. The number of allylic oxidation sites excluding steroid dienone is 6. The van der Waals surface area contributed by atoms with Crippen LogP contribution in [0.2, 0.25) is 0 Å². The molecule has 0 aromatic heterocycles. The van der Waals surface area contributed by atoms with Crippen LogP contribution in [-0.4, -0.2) is 19.0 Å². The zero-order chi connectivity index (χ0) is 24.0. The maximum atomic E-state index is 4.50. The number of dihydropyridines is 1. The van der Waals surface area contributed by atoms with Crippen molar-refractivity contribution in [2.24, 2.45) is 10.9 Å². The van der Waals surface area contributed by atoms with Crippen molar-refractivity contribution < 1.29 is 0 Å². The molecule has 174 valence electrons. The van der Waals surface area contributed by atoms with E-state index in [9.17, 15) is 0 Å². The van der Waals surface area contributed by atoms with Crippen molar-refractivity contribution in [3.05, 3.63) is 131 Å². The van der Waals surface area contributed by atoms with Crippen LogP contribution in [0.1, 0.15) is 17.5 Å². The molecule has 0 saturated heterocycles. The van der Waals surface area contributed by atoms with Gasteiger partial charge in [0.25, 0.3) is 0 Å². The summed E-state index contributed by atoms with van der Waals surface area (Å²) in [6.45, 7) is 5.94. The average molecular weight is 459 g/mol. The highest BCUT2D eigenvalue weighted by atomic mass is 15.3. The molecule has 35 heavy (non-hydrogen) atoms. The Bertz CT molecular complexity index is 1320. The van der Waals surface area contributed by atoms with Crippen molar-refractivity contribution in [3.8, 4) is 0 Å². The second-order valence-electron chi connectivity index (χ2n) is 9.03. The number of benzene rings is 2. The summed E-state index contributed by atoms with van der Waals surface area (Å²) in [5.74, 6) is 5.17. The van der Waals surface area contributed by atoms with Gasteiger partial charge in [-0.2, -0.15) is 4.99 Å². The molecule has 2 aliphatic heterocycles. The van der Waals surface area contributed by atoms with Crippen molar-refractivity contribution >= 4 is 17.2 Å². The molecule has 0 fully saturated rings. The van der Waals surface area contributed by atoms with Gasteiger partial charge >= 0.3 is 0 Å². The lowest BCUT2D eigenvalue weighted by atomic mass is 9.97. The molecule has 1 aliphatic carbocycles. The number of hydrogen-bond donors (Lipinski definition) is 1. The lowest BCUT2D eigenvalue weighted by Gasteiger charge is -2.34. The minimum absolute atomic E-state index is 0.331. The summed E-state index contributed by atoms with van der Waals surface area (Å²) < 4.78 is 0. The van der Waals surface area contributed by atoms with Gasteiger partial charge in [0.2, 0.25) is 0 Å². The molecule has 4 nitrogen and oxygen atoms in total. The van der Waals surface area contributed by atoms with Crippen LogP contribution in [0, 0.1) is 19.8 Å². The van der Waals surface area contributed by atoms with Gasteiger partial charge < -0.3 is 10.2 Å². The third-order valence-corrected chi connectivity index (χ3v) is 6.31. The molecule has 3 aliphatic rings. The van der Waals surface area contributed by atoms with Gasteiger partial charge in [0.15, 0.2) is 0 Å². The molecule has 0 radical (unpaired) electrons. The minimum atomic E-state index is 0.331. The molecule has 2 aromatic rings. The SMILES string of the molecule is Cc1ccc(N(CC2C=C(N(C3=CC=C=C=N3)c3ccc(C)cc3)C=CC2)C2=CC=CCN2)cc1. The summed E-state index contributed by atoms with van der Waals surface area (Å²) in [7, 11) is 0. The predicted octanol–water partition coefficient (Wildman–Crippen LogP) is 6.31.